The Morgan fingerprint density at radius 1 is 1.05 bits per heavy atom. The van der Waals surface area contributed by atoms with Crippen molar-refractivity contribution in [3.63, 3.8) is 0 Å². The molecule has 0 spiro atoms. The Bertz CT molecular complexity index is 573. The van der Waals surface area contributed by atoms with Crippen LogP contribution in [0.3, 0.4) is 0 Å². The average Bonchev–Trinajstić information content (AvgIpc) is 2.50. The van der Waals surface area contributed by atoms with Crippen molar-refractivity contribution in [1.29, 1.82) is 0 Å². The van der Waals surface area contributed by atoms with Crippen molar-refractivity contribution in [2.45, 2.75) is 26.7 Å². The van der Waals surface area contributed by atoms with Crippen LogP contribution in [0.1, 0.15) is 29.5 Å². The number of para-hydroxylation sites is 1. The second-order valence-electron chi connectivity index (χ2n) is 5.84. The maximum atomic E-state index is 5.89. The highest BCUT2D eigenvalue weighted by atomic mass is 16.5. The molecule has 2 aromatic carbocycles. The van der Waals surface area contributed by atoms with Crippen molar-refractivity contribution in [1.82, 2.24) is 5.32 Å². The molecule has 0 aliphatic rings. The fourth-order valence-corrected chi connectivity index (χ4v) is 2.51. The molecule has 22 heavy (non-hydrogen) atoms. The van der Waals surface area contributed by atoms with Gasteiger partial charge in [-0.15, -0.1) is 0 Å². The van der Waals surface area contributed by atoms with E-state index in [-0.39, 0.29) is 0 Å². The number of ether oxygens (including phenoxy) is 1. The number of benzene rings is 2. The number of hydrogen-bond donors (Lipinski definition) is 2. The first-order chi connectivity index (χ1) is 10.6. The molecule has 0 radical (unpaired) electrons. The number of nitrogens with two attached hydrogens (primary N) is 1. The molecule has 3 heteroatoms. The summed E-state index contributed by atoms with van der Waals surface area (Å²) < 4.78 is 5.89. The first kappa shape index (κ1) is 16.4. The summed E-state index contributed by atoms with van der Waals surface area (Å²) in [5.74, 6) is 1.47. The molecule has 0 aliphatic heterocycles. The molecule has 0 fully saturated rings. The van der Waals surface area contributed by atoms with Gasteiger partial charge in [0.2, 0.25) is 0 Å². The van der Waals surface area contributed by atoms with E-state index >= 15 is 0 Å². The largest absolute Gasteiger partial charge is 0.492 e. The van der Waals surface area contributed by atoms with Crippen LogP contribution in [-0.2, 0) is 0 Å². The average molecular weight is 298 g/mol. The molecule has 1 atom stereocenters. The van der Waals surface area contributed by atoms with E-state index in [4.69, 9.17) is 10.5 Å². The van der Waals surface area contributed by atoms with E-state index in [1.54, 1.807) is 0 Å². The molecule has 0 saturated heterocycles. The Labute approximate surface area is 133 Å². The third kappa shape index (κ3) is 4.50. The summed E-state index contributed by atoms with van der Waals surface area (Å²) in [7, 11) is 0. The number of rotatable bonds is 7. The number of anilines is 1. The van der Waals surface area contributed by atoms with E-state index in [1.807, 2.05) is 12.1 Å². The lowest BCUT2D eigenvalue weighted by atomic mass is 10.0. The van der Waals surface area contributed by atoms with Crippen molar-refractivity contribution in [3.8, 4) is 5.75 Å². The lowest BCUT2D eigenvalue weighted by Gasteiger charge is -2.15. The zero-order chi connectivity index (χ0) is 15.9. The lowest BCUT2D eigenvalue weighted by molar-refractivity contribution is 0.309. The molecule has 2 rings (SSSR count). The fraction of sp³-hybridized carbons (Fsp3) is 0.368. The lowest BCUT2D eigenvalue weighted by Crippen LogP contribution is -2.25. The second-order valence-corrected chi connectivity index (χ2v) is 5.84. The van der Waals surface area contributed by atoms with E-state index in [1.165, 1.54) is 16.7 Å². The molecule has 2 aromatic rings. The topological polar surface area (TPSA) is 47.3 Å². The third-order valence-electron chi connectivity index (χ3n) is 3.89. The highest BCUT2D eigenvalue weighted by Gasteiger charge is 2.05. The minimum atomic E-state index is 0.459. The van der Waals surface area contributed by atoms with Gasteiger partial charge in [0.15, 0.2) is 0 Å². The SMILES string of the molecule is Cc1cccc(C)c1OCCNCC(C)c1ccc(N)cc1. The highest BCUT2D eigenvalue weighted by molar-refractivity contribution is 5.40. The minimum Gasteiger partial charge on any atom is -0.492 e. The Morgan fingerprint density at radius 2 is 1.68 bits per heavy atom. The van der Waals surface area contributed by atoms with Crippen molar-refractivity contribution < 1.29 is 4.74 Å². The number of nitrogens with one attached hydrogen (secondary N) is 1. The Hall–Kier alpha value is -2.00. The van der Waals surface area contributed by atoms with Crippen LogP contribution in [0.15, 0.2) is 42.5 Å². The number of aryl methyl sites for hydroxylation is 2. The van der Waals surface area contributed by atoms with Crippen molar-refractivity contribution >= 4 is 5.69 Å². The van der Waals surface area contributed by atoms with Crippen LogP contribution < -0.4 is 15.8 Å². The normalized spacial score (nSPS) is 12.1. The summed E-state index contributed by atoms with van der Waals surface area (Å²) in [5.41, 5.74) is 10.2. The Morgan fingerprint density at radius 3 is 2.32 bits per heavy atom. The summed E-state index contributed by atoms with van der Waals surface area (Å²) in [5, 5.41) is 3.45. The minimum absolute atomic E-state index is 0.459. The van der Waals surface area contributed by atoms with Crippen LogP contribution in [0.5, 0.6) is 5.75 Å². The first-order valence-corrected chi connectivity index (χ1v) is 7.83. The van der Waals surface area contributed by atoms with Crippen molar-refractivity contribution in [2.24, 2.45) is 0 Å². The zero-order valence-corrected chi connectivity index (χ0v) is 13.7. The van der Waals surface area contributed by atoms with E-state index in [9.17, 15) is 0 Å². The molecule has 0 saturated carbocycles. The van der Waals surface area contributed by atoms with Crippen LogP contribution in [0.2, 0.25) is 0 Å². The standard InChI is InChI=1S/C19H26N2O/c1-14-5-4-6-15(2)19(14)22-12-11-21-13-16(3)17-7-9-18(20)10-8-17/h4-10,16,21H,11-13,20H2,1-3H3. The Kier molecular flexibility index (Phi) is 5.84. The molecule has 0 amide bonds. The molecular weight excluding hydrogens is 272 g/mol. The monoisotopic (exact) mass is 298 g/mol. The molecule has 0 aliphatic carbocycles. The van der Waals surface area contributed by atoms with Gasteiger partial charge in [-0.1, -0.05) is 37.3 Å². The fourth-order valence-electron chi connectivity index (χ4n) is 2.51. The summed E-state index contributed by atoms with van der Waals surface area (Å²) in [4.78, 5) is 0. The van der Waals surface area contributed by atoms with Gasteiger partial charge < -0.3 is 15.8 Å². The molecule has 118 valence electrons. The molecule has 0 bridgehead atoms. The van der Waals surface area contributed by atoms with Crippen LogP contribution in [0.4, 0.5) is 5.69 Å². The van der Waals surface area contributed by atoms with Crippen LogP contribution in [0, 0.1) is 13.8 Å². The molecule has 1 unspecified atom stereocenters. The molecular formula is C19H26N2O. The number of hydrogen-bond acceptors (Lipinski definition) is 3. The van der Waals surface area contributed by atoms with Gasteiger partial charge in [0, 0.05) is 18.8 Å². The number of nitrogen functional groups attached to an aromatic ring is 1. The van der Waals surface area contributed by atoms with Gasteiger partial charge in [0.1, 0.15) is 12.4 Å². The van der Waals surface area contributed by atoms with Gasteiger partial charge >= 0.3 is 0 Å². The smallest absolute Gasteiger partial charge is 0.125 e. The first-order valence-electron chi connectivity index (χ1n) is 7.83. The maximum Gasteiger partial charge on any atom is 0.125 e. The molecule has 3 N–H and O–H groups in total. The highest BCUT2D eigenvalue weighted by Crippen LogP contribution is 2.22. The zero-order valence-electron chi connectivity index (χ0n) is 13.7. The predicted octanol–water partition coefficient (Wildman–Crippen LogP) is 3.66. The molecule has 0 heterocycles. The van der Waals surface area contributed by atoms with E-state index in [0.717, 1.165) is 24.5 Å². The van der Waals surface area contributed by atoms with Gasteiger partial charge in [-0.05, 0) is 48.6 Å². The molecule has 3 nitrogen and oxygen atoms in total. The predicted molar refractivity (Wildman–Crippen MR) is 93.6 cm³/mol. The third-order valence-corrected chi connectivity index (χ3v) is 3.89. The maximum absolute atomic E-state index is 5.89. The van der Waals surface area contributed by atoms with Crippen molar-refractivity contribution in [3.05, 3.63) is 59.2 Å². The van der Waals surface area contributed by atoms with Gasteiger partial charge in [-0.2, -0.15) is 0 Å². The summed E-state index contributed by atoms with van der Waals surface area (Å²) in [6, 6.07) is 14.3. The summed E-state index contributed by atoms with van der Waals surface area (Å²) in [6.45, 7) is 8.83. The van der Waals surface area contributed by atoms with Crippen LogP contribution >= 0.6 is 0 Å². The second kappa shape index (κ2) is 7.85. The van der Waals surface area contributed by atoms with E-state index in [0.29, 0.717) is 12.5 Å². The van der Waals surface area contributed by atoms with Gasteiger partial charge in [-0.25, -0.2) is 0 Å². The van der Waals surface area contributed by atoms with Gasteiger partial charge in [0.05, 0.1) is 0 Å². The van der Waals surface area contributed by atoms with Crippen molar-refractivity contribution in [2.75, 3.05) is 25.4 Å². The van der Waals surface area contributed by atoms with Crippen LogP contribution in [0.25, 0.3) is 0 Å². The quantitative estimate of drug-likeness (QED) is 0.606. The summed E-state index contributed by atoms with van der Waals surface area (Å²) in [6.07, 6.45) is 0. The summed E-state index contributed by atoms with van der Waals surface area (Å²) >= 11 is 0. The Balaban J connectivity index is 1.72. The van der Waals surface area contributed by atoms with Crippen LogP contribution in [-0.4, -0.2) is 19.7 Å². The van der Waals surface area contributed by atoms with Gasteiger partial charge in [-0.3, -0.25) is 0 Å². The van der Waals surface area contributed by atoms with Gasteiger partial charge in [0.25, 0.3) is 0 Å². The van der Waals surface area contributed by atoms with E-state index in [2.05, 4.69) is 56.4 Å². The molecule has 0 aromatic heterocycles. The van der Waals surface area contributed by atoms with E-state index < -0.39 is 0 Å².